The summed E-state index contributed by atoms with van der Waals surface area (Å²) in [7, 11) is 0. The van der Waals surface area contributed by atoms with E-state index in [-0.39, 0.29) is 17.3 Å². The number of carbonyl (C=O) groups excluding carboxylic acids is 1. The van der Waals surface area contributed by atoms with E-state index < -0.39 is 0 Å². The molecule has 2 atom stereocenters. The average molecular weight is 225 g/mol. The van der Waals surface area contributed by atoms with Gasteiger partial charge in [0.2, 0.25) is 0 Å². The molecule has 0 amide bonds. The number of para-hydroxylation sites is 1. The van der Waals surface area contributed by atoms with Gasteiger partial charge in [0.15, 0.2) is 5.78 Å². The molecular weight excluding hydrogens is 212 g/mol. The fourth-order valence-corrected chi connectivity index (χ4v) is 1.95. The molecule has 2 rings (SSSR count). The van der Waals surface area contributed by atoms with Crippen LogP contribution in [0.25, 0.3) is 0 Å². The van der Waals surface area contributed by atoms with Gasteiger partial charge in [0.1, 0.15) is 11.9 Å². The third-order valence-electron chi connectivity index (χ3n) is 2.57. The number of hydrogen-bond donors (Lipinski definition) is 0. The van der Waals surface area contributed by atoms with Gasteiger partial charge in [0.05, 0.1) is 5.38 Å². The summed E-state index contributed by atoms with van der Waals surface area (Å²) in [4.78, 5) is 11.4. The lowest BCUT2D eigenvalue weighted by Gasteiger charge is -2.24. The first-order chi connectivity index (χ1) is 7.25. The van der Waals surface area contributed by atoms with Gasteiger partial charge in [-0.05, 0) is 25.0 Å². The Morgan fingerprint density at radius 1 is 1.20 bits per heavy atom. The lowest BCUT2D eigenvalue weighted by Crippen LogP contribution is -2.32. The van der Waals surface area contributed by atoms with Crippen LogP contribution in [0.1, 0.15) is 19.3 Å². The highest BCUT2D eigenvalue weighted by Crippen LogP contribution is 2.24. The molecule has 0 aliphatic heterocycles. The normalized spacial score (nSPS) is 26.3. The minimum absolute atomic E-state index is 0.00472. The van der Waals surface area contributed by atoms with E-state index in [1.165, 1.54) is 0 Å². The van der Waals surface area contributed by atoms with Crippen LogP contribution in [0, 0.1) is 0 Å². The molecule has 0 spiro atoms. The largest absolute Gasteiger partial charge is 0.490 e. The lowest BCUT2D eigenvalue weighted by atomic mass is 9.96. The second-order valence-electron chi connectivity index (χ2n) is 3.77. The summed E-state index contributed by atoms with van der Waals surface area (Å²) in [5.74, 6) is 0.923. The number of rotatable bonds is 2. The summed E-state index contributed by atoms with van der Waals surface area (Å²) < 4.78 is 5.69. The van der Waals surface area contributed by atoms with Crippen molar-refractivity contribution >= 4 is 17.4 Å². The number of alkyl halides is 1. The summed E-state index contributed by atoms with van der Waals surface area (Å²) in [6.45, 7) is 0. The number of ketones is 1. The fraction of sp³-hybridized carbons (Fsp3) is 0.417. The quantitative estimate of drug-likeness (QED) is 0.723. The van der Waals surface area contributed by atoms with E-state index in [0.29, 0.717) is 6.42 Å². The van der Waals surface area contributed by atoms with Crippen molar-refractivity contribution in [3.63, 3.8) is 0 Å². The van der Waals surface area contributed by atoms with E-state index in [0.717, 1.165) is 18.6 Å². The van der Waals surface area contributed by atoms with E-state index in [4.69, 9.17) is 16.3 Å². The van der Waals surface area contributed by atoms with Crippen LogP contribution in [-0.4, -0.2) is 17.3 Å². The fourth-order valence-electron chi connectivity index (χ4n) is 1.74. The third-order valence-corrected chi connectivity index (χ3v) is 3.03. The second kappa shape index (κ2) is 4.67. The predicted molar refractivity (Wildman–Crippen MR) is 59.4 cm³/mol. The monoisotopic (exact) mass is 224 g/mol. The van der Waals surface area contributed by atoms with E-state index >= 15 is 0 Å². The topological polar surface area (TPSA) is 26.3 Å². The molecule has 0 bridgehead atoms. The minimum atomic E-state index is -0.305. The van der Waals surface area contributed by atoms with Crippen molar-refractivity contribution in [2.24, 2.45) is 0 Å². The molecule has 1 aliphatic carbocycles. The van der Waals surface area contributed by atoms with Crippen LogP contribution in [0.4, 0.5) is 0 Å². The van der Waals surface area contributed by atoms with Gasteiger partial charge >= 0.3 is 0 Å². The SMILES string of the molecule is O=C1CC(Oc2ccccc2)CCC1Cl. The molecule has 15 heavy (non-hydrogen) atoms. The van der Waals surface area contributed by atoms with Crippen molar-refractivity contribution in [2.75, 3.05) is 0 Å². The Balaban J connectivity index is 1.94. The van der Waals surface area contributed by atoms with Crippen LogP contribution in [0.3, 0.4) is 0 Å². The Morgan fingerprint density at radius 2 is 1.93 bits per heavy atom. The highest BCUT2D eigenvalue weighted by molar-refractivity contribution is 6.31. The predicted octanol–water partition coefficient (Wildman–Crippen LogP) is 2.79. The molecular formula is C12H13ClO2. The Labute approximate surface area is 94.2 Å². The summed E-state index contributed by atoms with van der Waals surface area (Å²) in [6, 6.07) is 9.58. The zero-order chi connectivity index (χ0) is 10.7. The van der Waals surface area contributed by atoms with Gasteiger partial charge in [0, 0.05) is 6.42 Å². The van der Waals surface area contributed by atoms with Crippen molar-refractivity contribution in [2.45, 2.75) is 30.7 Å². The number of Topliss-reactive ketones (excluding diaryl/α,β-unsaturated/α-hetero) is 1. The zero-order valence-corrected chi connectivity index (χ0v) is 9.11. The minimum Gasteiger partial charge on any atom is -0.490 e. The number of carbonyl (C=O) groups is 1. The molecule has 2 unspecified atom stereocenters. The number of ether oxygens (including phenoxy) is 1. The van der Waals surface area contributed by atoms with E-state index in [9.17, 15) is 4.79 Å². The molecule has 2 nitrogen and oxygen atoms in total. The molecule has 0 aromatic heterocycles. The van der Waals surface area contributed by atoms with E-state index in [1.54, 1.807) is 0 Å². The molecule has 0 radical (unpaired) electrons. The summed E-state index contributed by atoms with van der Waals surface area (Å²) in [5.41, 5.74) is 0. The Hall–Kier alpha value is -1.02. The number of hydrogen-bond acceptors (Lipinski definition) is 2. The van der Waals surface area contributed by atoms with Crippen LogP contribution in [0.5, 0.6) is 5.75 Å². The smallest absolute Gasteiger partial charge is 0.154 e. The zero-order valence-electron chi connectivity index (χ0n) is 8.36. The Kier molecular flexibility index (Phi) is 3.27. The first-order valence-electron chi connectivity index (χ1n) is 5.14. The van der Waals surface area contributed by atoms with E-state index in [1.807, 2.05) is 30.3 Å². The maximum Gasteiger partial charge on any atom is 0.154 e. The van der Waals surface area contributed by atoms with Crippen molar-refractivity contribution in [1.29, 1.82) is 0 Å². The van der Waals surface area contributed by atoms with Crippen molar-refractivity contribution in [3.8, 4) is 5.75 Å². The molecule has 1 aliphatic rings. The van der Waals surface area contributed by atoms with E-state index in [2.05, 4.69) is 0 Å². The van der Waals surface area contributed by atoms with Gasteiger partial charge in [-0.25, -0.2) is 0 Å². The second-order valence-corrected chi connectivity index (χ2v) is 4.30. The van der Waals surface area contributed by atoms with Crippen LogP contribution in [0.2, 0.25) is 0 Å². The summed E-state index contributed by atoms with van der Waals surface area (Å²) in [6.07, 6.45) is 2.00. The van der Waals surface area contributed by atoms with Gasteiger partial charge in [-0.3, -0.25) is 4.79 Å². The standard InChI is InChI=1S/C12H13ClO2/c13-11-7-6-10(8-12(11)14)15-9-4-2-1-3-5-9/h1-5,10-11H,6-8H2. The molecule has 1 aromatic carbocycles. The molecule has 80 valence electrons. The van der Waals surface area contributed by atoms with Crippen molar-refractivity contribution < 1.29 is 9.53 Å². The molecule has 0 N–H and O–H groups in total. The molecule has 0 heterocycles. The third kappa shape index (κ3) is 2.72. The van der Waals surface area contributed by atoms with Gasteiger partial charge < -0.3 is 4.74 Å². The van der Waals surface area contributed by atoms with Gasteiger partial charge in [-0.2, -0.15) is 0 Å². The maximum atomic E-state index is 11.4. The first-order valence-corrected chi connectivity index (χ1v) is 5.58. The highest BCUT2D eigenvalue weighted by atomic mass is 35.5. The molecule has 1 saturated carbocycles. The first kappa shape index (κ1) is 10.5. The number of halogens is 1. The van der Waals surface area contributed by atoms with Gasteiger partial charge in [-0.1, -0.05) is 18.2 Å². The summed E-state index contributed by atoms with van der Waals surface area (Å²) in [5, 5.41) is -0.305. The highest BCUT2D eigenvalue weighted by Gasteiger charge is 2.27. The average Bonchev–Trinajstić information content (AvgIpc) is 2.25. The molecule has 1 fully saturated rings. The van der Waals surface area contributed by atoms with Crippen molar-refractivity contribution in [1.82, 2.24) is 0 Å². The van der Waals surface area contributed by atoms with Gasteiger partial charge in [-0.15, -0.1) is 11.6 Å². The van der Waals surface area contributed by atoms with Crippen molar-refractivity contribution in [3.05, 3.63) is 30.3 Å². The molecule has 0 saturated heterocycles. The van der Waals surface area contributed by atoms with Gasteiger partial charge in [0.25, 0.3) is 0 Å². The van der Waals surface area contributed by atoms with Crippen LogP contribution in [0.15, 0.2) is 30.3 Å². The number of benzene rings is 1. The van der Waals surface area contributed by atoms with Crippen LogP contribution >= 0.6 is 11.6 Å². The molecule has 3 heteroatoms. The van der Waals surface area contributed by atoms with Crippen LogP contribution < -0.4 is 4.74 Å². The maximum absolute atomic E-state index is 11.4. The Bertz CT molecular complexity index is 337. The molecule has 1 aromatic rings. The lowest BCUT2D eigenvalue weighted by molar-refractivity contribution is -0.122. The van der Waals surface area contributed by atoms with Crippen LogP contribution in [-0.2, 0) is 4.79 Å². The Morgan fingerprint density at radius 3 is 2.60 bits per heavy atom. The summed E-state index contributed by atoms with van der Waals surface area (Å²) >= 11 is 5.83.